The summed E-state index contributed by atoms with van der Waals surface area (Å²) in [6, 6.07) is 11.1. The van der Waals surface area contributed by atoms with E-state index in [2.05, 4.69) is 25.5 Å². The predicted octanol–water partition coefficient (Wildman–Crippen LogP) is 3.41. The lowest BCUT2D eigenvalue weighted by Crippen LogP contribution is -2.43. The molecule has 2 fully saturated rings. The topological polar surface area (TPSA) is 112 Å². The Morgan fingerprint density at radius 2 is 2.05 bits per heavy atom. The standard InChI is InChI=1S/C28H32N6O4/c1-18-21-15-19(38-17-20-3-2-14-37-20)4-6-24(21)34(28(18)36)26-7-5-22(31-26)27(35)32-23-16-30-9-8-25(23)33-12-10-29-11-13-33/h4-9,15-16,18,20,29,31H,2-3,10-14,17H2,1H3,(H,32,35). The maximum absolute atomic E-state index is 13.3. The largest absolute Gasteiger partial charge is 0.491 e. The number of carbonyl (C=O) groups excluding carboxylic acids is 2. The molecule has 5 heterocycles. The molecule has 1 aromatic carbocycles. The molecular weight excluding hydrogens is 484 g/mol. The van der Waals surface area contributed by atoms with Crippen LogP contribution in [0.15, 0.2) is 48.8 Å². The van der Waals surface area contributed by atoms with Crippen molar-refractivity contribution in [2.75, 3.05) is 54.5 Å². The van der Waals surface area contributed by atoms with Crippen molar-refractivity contribution in [2.24, 2.45) is 0 Å². The molecule has 3 aliphatic rings. The van der Waals surface area contributed by atoms with E-state index in [-0.39, 0.29) is 23.8 Å². The number of ether oxygens (including phenoxy) is 2. The summed E-state index contributed by atoms with van der Waals surface area (Å²) in [6.07, 6.45) is 5.60. The summed E-state index contributed by atoms with van der Waals surface area (Å²) < 4.78 is 11.6. The van der Waals surface area contributed by atoms with Crippen LogP contribution in [-0.4, -0.2) is 67.3 Å². The molecule has 3 aromatic rings. The number of hydrogen-bond donors (Lipinski definition) is 3. The minimum atomic E-state index is -0.325. The Morgan fingerprint density at radius 1 is 1.18 bits per heavy atom. The zero-order valence-electron chi connectivity index (χ0n) is 21.4. The first-order valence-corrected chi connectivity index (χ1v) is 13.2. The summed E-state index contributed by atoms with van der Waals surface area (Å²) >= 11 is 0. The third kappa shape index (κ3) is 4.72. The van der Waals surface area contributed by atoms with Gasteiger partial charge in [0.1, 0.15) is 23.9 Å². The van der Waals surface area contributed by atoms with Crippen LogP contribution in [0.1, 0.15) is 41.7 Å². The van der Waals surface area contributed by atoms with Crippen LogP contribution >= 0.6 is 0 Å². The molecule has 3 aliphatic heterocycles. The van der Waals surface area contributed by atoms with Gasteiger partial charge in [-0.3, -0.25) is 19.5 Å². The van der Waals surface area contributed by atoms with Crippen molar-refractivity contribution in [1.29, 1.82) is 0 Å². The molecule has 38 heavy (non-hydrogen) atoms. The Labute approximate surface area is 221 Å². The van der Waals surface area contributed by atoms with Crippen LogP contribution in [0, 0.1) is 0 Å². The molecule has 10 heteroatoms. The third-order valence-corrected chi connectivity index (χ3v) is 7.42. The number of carbonyl (C=O) groups is 2. The fraction of sp³-hybridized carbons (Fsp3) is 0.393. The number of nitrogens with zero attached hydrogens (tertiary/aromatic N) is 3. The van der Waals surface area contributed by atoms with E-state index in [4.69, 9.17) is 9.47 Å². The molecule has 198 valence electrons. The van der Waals surface area contributed by atoms with Gasteiger partial charge in [-0.25, -0.2) is 0 Å². The molecule has 6 rings (SSSR count). The maximum Gasteiger partial charge on any atom is 0.272 e. The van der Waals surface area contributed by atoms with Gasteiger partial charge in [0.15, 0.2) is 0 Å². The highest BCUT2D eigenvalue weighted by molar-refractivity contribution is 6.11. The Bertz CT molecular complexity index is 1330. The Balaban J connectivity index is 1.18. The zero-order chi connectivity index (χ0) is 26.1. The molecule has 3 N–H and O–H groups in total. The third-order valence-electron chi connectivity index (χ3n) is 7.42. The monoisotopic (exact) mass is 516 g/mol. The summed E-state index contributed by atoms with van der Waals surface area (Å²) in [5.74, 6) is 0.599. The van der Waals surface area contributed by atoms with Crippen LogP contribution in [0.4, 0.5) is 22.9 Å². The van der Waals surface area contributed by atoms with Crippen molar-refractivity contribution in [3.05, 3.63) is 60.0 Å². The zero-order valence-corrected chi connectivity index (χ0v) is 21.4. The van der Waals surface area contributed by atoms with Gasteiger partial charge < -0.3 is 30.0 Å². The molecule has 2 saturated heterocycles. The lowest BCUT2D eigenvalue weighted by molar-refractivity contribution is -0.118. The average molecular weight is 517 g/mol. The molecular formula is C28H32N6O4. The van der Waals surface area contributed by atoms with Gasteiger partial charge >= 0.3 is 0 Å². The molecule has 2 unspecified atom stereocenters. The molecule has 0 spiro atoms. The second-order valence-electron chi connectivity index (χ2n) is 9.90. The fourth-order valence-electron chi connectivity index (χ4n) is 5.33. The number of hydrogen-bond acceptors (Lipinski definition) is 7. The number of nitrogens with one attached hydrogen (secondary N) is 3. The maximum atomic E-state index is 13.3. The van der Waals surface area contributed by atoms with E-state index >= 15 is 0 Å². The van der Waals surface area contributed by atoms with Crippen LogP contribution in [-0.2, 0) is 9.53 Å². The van der Waals surface area contributed by atoms with Crippen LogP contribution in [0.3, 0.4) is 0 Å². The van der Waals surface area contributed by atoms with Crippen molar-refractivity contribution in [1.82, 2.24) is 15.3 Å². The number of pyridine rings is 1. The van der Waals surface area contributed by atoms with Gasteiger partial charge in [0.25, 0.3) is 5.91 Å². The van der Waals surface area contributed by atoms with Crippen LogP contribution in [0.2, 0.25) is 0 Å². The van der Waals surface area contributed by atoms with Gasteiger partial charge in [0.05, 0.1) is 35.3 Å². The normalized spacial score (nSPS) is 21.0. The quantitative estimate of drug-likeness (QED) is 0.441. The van der Waals surface area contributed by atoms with E-state index in [0.29, 0.717) is 23.8 Å². The van der Waals surface area contributed by atoms with Gasteiger partial charge in [-0.15, -0.1) is 0 Å². The molecule has 2 amide bonds. The minimum absolute atomic E-state index is 0.0571. The van der Waals surface area contributed by atoms with Crippen molar-refractivity contribution < 1.29 is 19.1 Å². The van der Waals surface area contributed by atoms with E-state index < -0.39 is 0 Å². The van der Waals surface area contributed by atoms with Gasteiger partial charge in [0, 0.05) is 39.0 Å². The van der Waals surface area contributed by atoms with Crippen molar-refractivity contribution in [3.63, 3.8) is 0 Å². The smallest absolute Gasteiger partial charge is 0.272 e. The summed E-state index contributed by atoms with van der Waals surface area (Å²) in [4.78, 5) is 37.6. The average Bonchev–Trinajstić information content (AvgIpc) is 3.70. The number of amides is 2. The van der Waals surface area contributed by atoms with Crippen LogP contribution in [0.5, 0.6) is 5.75 Å². The molecule has 0 aliphatic carbocycles. The number of anilines is 4. The van der Waals surface area contributed by atoms with E-state index in [1.165, 1.54) is 0 Å². The number of benzene rings is 1. The fourth-order valence-corrected chi connectivity index (χ4v) is 5.33. The molecule has 10 nitrogen and oxygen atoms in total. The first-order valence-electron chi connectivity index (χ1n) is 13.2. The molecule has 0 saturated carbocycles. The van der Waals surface area contributed by atoms with Crippen LogP contribution in [0.25, 0.3) is 0 Å². The number of rotatable bonds is 7. The van der Waals surface area contributed by atoms with E-state index in [1.807, 2.05) is 31.2 Å². The van der Waals surface area contributed by atoms with Crippen molar-refractivity contribution in [2.45, 2.75) is 31.8 Å². The summed E-state index contributed by atoms with van der Waals surface area (Å²) in [5, 5.41) is 6.33. The predicted molar refractivity (Wildman–Crippen MR) is 145 cm³/mol. The summed E-state index contributed by atoms with van der Waals surface area (Å²) in [6.45, 7) is 6.68. The molecule has 0 bridgehead atoms. The SMILES string of the molecule is CC1C(=O)N(c2ccc(C(=O)Nc3cnccc3N3CCNCC3)[nH]2)c2ccc(OCC3CCCO3)cc21. The lowest BCUT2D eigenvalue weighted by atomic mass is 10.0. The first-order chi connectivity index (χ1) is 18.6. The van der Waals surface area contributed by atoms with Gasteiger partial charge in [-0.05, 0) is 61.7 Å². The summed E-state index contributed by atoms with van der Waals surface area (Å²) in [5.41, 5.74) is 3.64. The van der Waals surface area contributed by atoms with Crippen molar-refractivity contribution in [3.8, 4) is 5.75 Å². The van der Waals surface area contributed by atoms with E-state index in [0.717, 1.165) is 68.3 Å². The van der Waals surface area contributed by atoms with Crippen LogP contribution < -0.4 is 25.2 Å². The number of piperazine rings is 1. The Morgan fingerprint density at radius 3 is 2.87 bits per heavy atom. The highest BCUT2D eigenvalue weighted by Gasteiger charge is 2.36. The number of aromatic amines is 1. The van der Waals surface area contributed by atoms with Gasteiger partial charge in [-0.1, -0.05) is 0 Å². The number of fused-ring (bicyclic) bond motifs is 1. The van der Waals surface area contributed by atoms with E-state index in [9.17, 15) is 9.59 Å². The minimum Gasteiger partial charge on any atom is -0.491 e. The van der Waals surface area contributed by atoms with E-state index in [1.54, 1.807) is 29.4 Å². The Kier molecular flexibility index (Phi) is 6.73. The van der Waals surface area contributed by atoms with Gasteiger partial charge in [-0.2, -0.15) is 0 Å². The lowest BCUT2D eigenvalue weighted by Gasteiger charge is -2.30. The highest BCUT2D eigenvalue weighted by Crippen LogP contribution is 2.43. The Hall–Kier alpha value is -3.89. The summed E-state index contributed by atoms with van der Waals surface area (Å²) in [7, 11) is 0. The molecule has 2 atom stereocenters. The number of aromatic nitrogens is 2. The molecule has 2 aromatic heterocycles. The van der Waals surface area contributed by atoms with Gasteiger partial charge in [0.2, 0.25) is 5.91 Å². The molecule has 0 radical (unpaired) electrons. The van der Waals surface area contributed by atoms with Crippen molar-refractivity contribution >= 4 is 34.7 Å². The second kappa shape index (κ2) is 10.5. The number of H-pyrrole nitrogens is 1. The first kappa shape index (κ1) is 24.4. The highest BCUT2D eigenvalue weighted by atomic mass is 16.5. The second-order valence-corrected chi connectivity index (χ2v) is 9.90.